The van der Waals surface area contributed by atoms with Crippen LogP contribution in [0.3, 0.4) is 0 Å². The quantitative estimate of drug-likeness (QED) is 0.393. The SMILES string of the molecule is CC(C)NCc1coc(C(CCCC2CCCCC2)CC(=O)NOCc2ccccc2)n1. The summed E-state index contributed by atoms with van der Waals surface area (Å²) in [5.74, 6) is 1.32. The van der Waals surface area contributed by atoms with E-state index < -0.39 is 0 Å². The molecule has 1 saturated carbocycles. The smallest absolute Gasteiger partial charge is 0.244 e. The van der Waals surface area contributed by atoms with Crippen molar-refractivity contribution in [2.45, 2.75) is 96.7 Å². The van der Waals surface area contributed by atoms with E-state index in [0.29, 0.717) is 31.5 Å². The van der Waals surface area contributed by atoms with E-state index in [1.807, 2.05) is 30.3 Å². The van der Waals surface area contributed by atoms with Crippen LogP contribution in [0.25, 0.3) is 0 Å². The van der Waals surface area contributed by atoms with Crippen molar-refractivity contribution in [1.29, 1.82) is 0 Å². The van der Waals surface area contributed by atoms with E-state index in [-0.39, 0.29) is 11.8 Å². The van der Waals surface area contributed by atoms with Crippen LogP contribution >= 0.6 is 0 Å². The molecule has 3 rings (SSSR count). The number of carbonyl (C=O) groups excluding carboxylic acids is 1. The molecule has 1 fully saturated rings. The van der Waals surface area contributed by atoms with Gasteiger partial charge in [0.05, 0.1) is 12.3 Å². The van der Waals surface area contributed by atoms with Gasteiger partial charge in [0.15, 0.2) is 5.89 Å². The third kappa shape index (κ3) is 8.75. The second kappa shape index (κ2) is 13.4. The van der Waals surface area contributed by atoms with Gasteiger partial charge in [-0.25, -0.2) is 10.5 Å². The van der Waals surface area contributed by atoms with E-state index >= 15 is 0 Å². The molecule has 6 heteroatoms. The fraction of sp³-hybridized carbons (Fsp3) is 0.615. The fourth-order valence-corrected chi connectivity index (χ4v) is 4.38. The molecule has 0 spiro atoms. The average molecular weight is 442 g/mol. The van der Waals surface area contributed by atoms with Crippen LogP contribution in [-0.2, 0) is 22.8 Å². The molecule has 1 aromatic heterocycles. The minimum Gasteiger partial charge on any atom is -0.448 e. The zero-order chi connectivity index (χ0) is 22.6. The fourth-order valence-electron chi connectivity index (χ4n) is 4.38. The highest BCUT2D eigenvalue weighted by atomic mass is 16.6. The molecule has 1 aromatic carbocycles. The summed E-state index contributed by atoms with van der Waals surface area (Å²) in [4.78, 5) is 22.7. The summed E-state index contributed by atoms with van der Waals surface area (Å²) in [7, 11) is 0. The average Bonchev–Trinajstić information content (AvgIpc) is 3.27. The molecular formula is C26H39N3O3. The van der Waals surface area contributed by atoms with Gasteiger partial charge in [-0.05, 0) is 17.9 Å². The number of benzene rings is 1. The number of hydrogen-bond donors (Lipinski definition) is 2. The van der Waals surface area contributed by atoms with Crippen LogP contribution in [0.1, 0.15) is 94.7 Å². The third-order valence-corrected chi connectivity index (χ3v) is 6.20. The highest BCUT2D eigenvalue weighted by molar-refractivity contribution is 5.75. The van der Waals surface area contributed by atoms with Gasteiger partial charge >= 0.3 is 0 Å². The minimum atomic E-state index is -0.136. The van der Waals surface area contributed by atoms with Gasteiger partial charge in [-0.2, -0.15) is 0 Å². The largest absolute Gasteiger partial charge is 0.448 e. The summed E-state index contributed by atoms with van der Waals surface area (Å²) in [5.41, 5.74) is 4.50. The Balaban J connectivity index is 1.52. The third-order valence-electron chi connectivity index (χ3n) is 6.20. The number of nitrogens with zero attached hydrogens (tertiary/aromatic N) is 1. The molecule has 6 nitrogen and oxygen atoms in total. The maximum atomic E-state index is 12.6. The van der Waals surface area contributed by atoms with Crippen LogP contribution in [0, 0.1) is 5.92 Å². The molecule has 0 saturated heterocycles. The lowest BCUT2D eigenvalue weighted by Gasteiger charge is -2.22. The molecule has 1 amide bonds. The Labute approximate surface area is 192 Å². The van der Waals surface area contributed by atoms with Crippen molar-refractivity contribution in [2.24, 2.45) is 5.92 Å². The van der Waals surface area contributed by atoms with E-state index in [0.717, 1.165) is 30.0 Å². The van der Waals surface area contributed by atoms with Gasteiger partial charge in [-0.1, -0.05) is 89.1 Å². The topological polar surface area (TPSA) is 76.4 Å². The number of amides is 1. The van der Waals surface area contributed by atoms with Crippen LogP contribution < -0.4 is 10.8 Å². The second-order valence-corrected chi connectivity index (χ2v) is 9.35. The van der Waals surface area contributed by atoms with Gasteiger partial charge in [-0.3, -0.25) is 9.63 Å². The number of hydroxylamine groups is 1. The van der Waals surface area contributed by atoms with Crippen molar-refractivity contribution < 1.29 is 14.0 Å². The Kier molecular flexibility index (Phi) is 10.2. The summed E-state index contributed by atoms with van der Waals surface area (Å²) >= 11 is 0. The highest BCUT2D eigenvalue weighted by Gasteiger charge is 2.22. The molecule has 2 N–H and O–H groups in total. The maximum absolute atomic E-state index is 12.6. The molecular weight excluding hydrogens is 402 g/mol. The number of nitrogens with one attached hydrogen (secondary N) is 2. The molecule has 1 aliphatic rings. The lowest BCUT2D eigenvalue weighted by Crippen LogP contribution is -2.25. The Morgan fingerprint density at radius 3 is 2.72 bits per heavy atom. The number of carbonyl (C=O) groups is 1. The first kappa shape index (κ1) is 24.5. The molecule has 1 aliphatic carbocycles. The lowest BCUT2D eigenvalue weighted by molar-refractivity contribution is -0.135. The molecule has 1 unspecified atom stereocenters. The first-order valence-corrected chi connectivity index (χ1v) is 12.2. The van der Waals surface area contributed by atoms with Gasteiger partial charge in [0.1, 0.15) is 6.26 Å². The molecule has 32 heavy (non-hydrogen) atoms. The molecule has 2 aromatic rings. The summed E-state index contributed by atoms with van der Waals surface area (Å²) in [6.45, 7) is 5.23. The predicted molar refractivity (Wildman–Crippen MR) is 126 cm³/mol. The van der Waals surface area contributed by atoms with Crippen molar-refractivity contribution in [2.75, 3.05) is 0 Å². The van der Waals surface area contributed by atoms with E-state index in [2.05, 4.69) is 29.6 Å². The summed E-state index contributed by atoms with van der Waals surface area (Å²) < 4.78 is 5.80. The lowest BCUT2D eigenvalue weighted by atomic mass is 9.84. The first-order chi connectivity index (χ1) is 15.6. The second-order valence-electron chi connectivity index (χ2n) is 9.35. The number of hydrogen-bond acceptors (Lipinski definition) is 5. The first-order valence-electron chi connectivity index (χ1n) is 12.2. The summed E-state index contributed by atoms with van der Waals surface area (Å²) in [5, 5.41) is 3.36. The monoisotopic (exact) mass is 441 g/mol. The van der Waals surface area contributed by atoms with Gasteiger partial charge in [0, 0.05) is 24.9 Å². The number of aromatic nitrogens is 1. The predicted octanol–water partition coefficient (Wildman–Crippen LogP) is 5.64. The van der Waals surface area contributed by atoms with Crippen molar-refractivity contribution >= 4 is 5.91 Å². The Morgan fingerprint density at radius 2 is 1.97 bits per heavy atom. The molecule has 0 aliphatic heterocycles. The van der Waals surface area contributed by atoms with E-state index in [1.165, 1.54) is 38.5 Å². The Hall–Kier alpha value is -2.18. The van der Waals surface area contributed by atoms with Gasteiger partial charge in [0.25, 0.3) is 0 Å². The highest BCUT2D eigenvalue weighted by Crippen LogP contribution is 2.31. The van der Waals surface area contributed by atoms with E-state index in [9.17, 15) is 4.79 Å². The zero-order valence-electron chi connectivity index (χ0n) is 19.6. The molecule has 176 valence electrons. The van der Waals surface area contributed by atoms with Crippen molar-refractivity contribution in [3.8, 4) is 0 Å². The van der Waals surface area contributed by atoms with Crippen molar-refractivity contribution in [1.82, 2.24) is 15.8 Å². The van der Waals surface area contributed by atoms with Crippen molar-refractivity contribution in [3.05, 3.63) is 53.7 Å². The molecule has 1 atom stereocenters. The number of oxazole rings is 1. The zero-order valence-corrected chi connectivity index (χ0v) is 19.6. The van der Waals surface area contributed by atoms with E-state index in [1.54, 1.807) is 6.26 Å². The van der Waals surface area contributed by atoms with E-state index in [4.69, 9.17) is 9.25 Å². The normalized spacial score (nSPS) is 15.7. The van der Waals surface area contributed by atoms with Gasteiger partial charge in [-0.15, -0.1) is 0 Å². The van der Waals surface area contributed by atoms with Gasteiger partial charge in [0.2, 0.25) is 5.91 Å². The summed E-state index contributed by atoms with van der Waals surface area (Å²) in [6.07, 6.45) is 12.1. The van der Waals surface area contributed by atoms with Crippen LogP contribution in [0.4, 0.5) is 0 Å². The molecule has 1 heterocycles. The Bertz CT molecular complexity index is 785. The minimum absolute atomic E-state index is 0.0354. The van der Waals surface area contributed by atoms with Gasteiger partial charge < -0.3 is 9.73 Å². The van der Waals surface area contributed by atoms with Crippen molar-refractivity contribution in [3.63, 3.8) is 0 Å². The summed E-state index contributed by atoms with van der Waals surface area (Å²) in [6, 6.07) is 10.2. The van der Waals surface area contributed by atoms with Crippen LogP contribution in [-0.4, -0.2) is 16.9 Å². The van der Waals surface area contributed by atoms with Crippen LogP contribution in [0.2, 0.25) is 0 Å². The maximum Gasteiger partial charge on any atom is 0.244 e. The van der Waals surface area contributed by atoms with Crippen LogP contribution in [0.15, 0.2) is 41.0 Å². The standard InChI is InChI=1S/C26H39N3O3/c1-20(2)27-17-24-19-31-26(28-24)23(15-9-14-21-10-5-3-6-11-21)16-25(30)29-32-18-22-12-7-4-8-13-22/h4,7-8,12-13,19-21,23,27H,3,5-6,9-11,14-18H2,1-2H3,(H,29,30). The Morgan fingerprint density at radius 1 is 1.19 bits per heavy atom. The van der Waals surface area contributed by atoms with Crippen LogP contribution in [0.5, 0.6) is 0 Å². The molecule has 0 radical (unpaired) electrons. The number of rotatable bonds is 13. The molecule has 0 bridgehead atoms.